The van der Waals surface area contributed by atoms with E-state index in [1.807, 2.05) is 25.2 Å². The molecular weight excluding hydrogens is 178 g/mol. The molecule has 1 saturated heterocycles. The summed E-state index contributed by atoms with van der Waals surface area (Å²) in [5.74, 6) is -0.115. The number of amides is 2. The summed E-state index contributed by atoms with van der Waals surface area (Å²) in [6, 6.07) is 0. The van der Waals surface area contributed by atoms with Crippen LogP contribution < -0.4 is 0 Å². The van der Waals surface area contributed by atoms with Crippen molar-refractivity contribution < 1.29 is 9.59 Å². The van der Waals surface area contributed by atoms with E-state index in [9.17, 15) is 9.59 Å². The molecule has 0 aromatic carbocycles. The monoisotopic (exact) mass is 191 g/mol. The van der Waals surface area contributed by atoms with Crippen molar-refractivity contribution in [3.8, 4) is 0 Å². The number of hydrogen-bond donors (Lipinski definition) is 0. The molecular formula is C11H13NO2. The van der Waals surface area contributed by atoms with Crippen LogP contribution in [-0.2, 0) is 9.59 Å². The number of likely N-dealkylation sites (tertiary alicyclic amines) is 1. The standard InChI is InChI=1S/C11H13NO2/c1-2-12-10(13)7-8-5-3-4-6-9(8)11(12)14/h3,5-6,8H,2,4,7H2,1H3. The molecule has 3 heteroatoms. The molecule has 1 fully saturated rings. The molecule has 2 aliphatic rings. The largest absolute Gasteiger partial charge is 0.279 e. The van der Waals surface area contributed by atoms with Crippen LogP contribution in [0, 0.1) is 5.92 Å². The molecule has 2 amide bonds. The third-order valence-corrected chi connectivity index (χ3v) is 2.75. The van der Waals surface area contributed by atoms with E-state index in [1.54, 1.807) is 0 Å². The van der Waals surface area contributed by atoms with Gasteiger partial charge in [0.05, 0.1) is 0 Å². The number of fused-ring (bicyclic) bond motifs is 1. The van der Waals surface area contributed by atoms with Gasteiger partial charge in [0.2, 0.25) is 5.91 Å². The number of rotatable bonds is 1. The first kappa shape index (κ1) is 9.19. The lowest BCUT2D eigenvalue weighted by Crippen LogP contribution is -2.44. The highest BCUT2D eigenvalue weighted by Crippen LogP contribution is 2.29. The predicted octanol–water partition coefficient (Wildman–Crippen LogP) is 1.27. The molecule has 74 valence electrons. The van der Waals surface area contributed by atoms with Crippen LogP contribution in [0.5, 0.6) is 0 Å². The van der Waals surface area contributed by atoms with Crippen molar-refractivity contribution in [2.24, 2.45) is 5.92 Å². The van der Waals surface area contributed by atoms with Gasteiger partial charge in [-0.15, -0.1) is 0 Å². The molecule has 0 saturated carbocycles. The van der Waals surface area contributed by atoms with Crippen LogP contribution in [0.25, 0.3) is 0 Å². The van der Waals surface area contributed by atoms with Gasteiger partial charge in [-0.25, -0.2) is 0 Å². The van der Waals surface area contributed by atoms with Crippen molar-refractivity contribution in [1.29, 1.82) is 0 Å². The smallest absolute Gasteiger partial charge is 0.256 e. The number of hydrogen-bond acceptors (Lipinski definition) is 2. The molecule has 0 spiro atoms. The van der Waals surface area contributed by atoms with Crippen LogP contribution in [0.1, 0.15) is 19.8 Å². The van der Waals surface area contributed by atoms with Gasteiger partial charge < -0.3 is 0 Å². The minimum atomic E-state index is -0.0990. The van der Waals surface area contributed by atoms with E-state index in [2.05, 4.69) is 0 Å². The third kappa shape index (κ3) is 1.29. The SMILES string of the molecule is CCN1C(=O)CC2C=CCC=C2C1=O. The van der Waals surface area contributed by atoms with E-state index in [1.165, 1.54) is 4.90 Å². The second-order valence-corrected chi connectivity index (χ2v) is 3.58. The van der Waals surface area contributed by atoms with Crippen LogP contribution in [-0.4, -0.2) is 23.3 Å². The van der Waals surface area contributed by atoms with E-state index in [0.29, 0.717) is 13.0 Å². The molecule has 0 bridgehead atoms. The molecule has 0 aromatic rings. The summed E-state index contributed by atoms with van der Waals surface area (Å²) in [5.41, 5.74) is 0.800. The summed E-state index contributed by atoms with van der Waals surface area (Å²) in [5, 5.41) is 0. The van der Waals surface area contributed by atoms with Crippen molar-refractivity contribution in [3.05, 3.63) is 23.8 Å². The number of allylic oxidation sites excluding steroid dienone is 3. The van der Waals surface area contributed by atoms with Crippen molar-refractivity contribution in [2.75, 3.05) is 6.54 Å². The zero-order valence-electron chi connectivity index (χ0n) is 8.19. The Labute approximate surface area is 83.1 Å². The quantitative estimate of drug-likeness (QED) is 0.462. The van der Waals surface area contributed by atoms with Crippen LogP contribution in [0.3, 0.4) is 0 Å². The van der Waals surface area contributed by atoms with Gasteiger partial charge in [-0.3, -0.25) is 14.5 Å². The van der Waals surface area contributed by atoms with E-state index >= 15 is 0 Å². The van der Waals surface area contributed by atoms with Crippen LogP contribution in [0.4, 0.5) is 0 Å². The van der Waals surface area contributed by atoms with Crippen LogP contribution >= 0.6 is 0 Å². The Morgan fingerprint density at radius 2 is 2.29 bits per heavy atom. The summed E-state index contributed by atoms with van der Waals surface area (Å²) < 4.78 is 0. The topological polar surface area (TPSA) is 37.4 Å². The Bertz CT molecular complexity index is 341. The fourth-order valence-corrected chi connectivity index (χ4v) is 2.00. The summed E-state index contributed by atoms with van der Waals surface area (Å²) in [6.45, 7) is 2.31. The van der Waals surface area contributed by atoms with Crippen LogP contribution in [0.2, 0.25) is 0 Å². The molecule has 0 radical (unpaired) electrons. The molecule has 3 nitrogen and oxygen atoms in total. The number of piperidine rings is 1. The van der Waals surface area contributed by atoms with Gasteiger partial charge in [-0.2, -0.15) is 0 Å². The fraction of sp³-hybridized carbons (Fsp3) is 0.455. The Morgan fingerprint density at radius 3 is 3.00 bits per heavy atom. The van der Waals surface area contributed by atoms with Gasteiger partial charge in [0.15, 0.2) is 0 Å². The average Bonchev–Trinajstić information content (AvgIpc) is 2.18. The number of nitrogens with zero attached hydrogens (tertiary/aromatic N) is 1. The summed E-state index contributed by atoms with van der Waals surface area (Å²) >= 11 is 0. The van der Waals surface area contributed by atoms with Crippen LogP contribution in [0.15, 0.2) is 23.8 Å². The maximum absolute atomic E-state index is 11.8. The van der Waals surface area contributed by atoms with Crippen molar-refractivity contribution in [2.45, 2.75) is 19.8 Å². The summed E-state index contributed by atoms with van der Waals surface area (Å²) in [4.78, 5) is 24.7. The highest BCUT2D eigenvalue weighted by atomic mass is 16.2. The maximum Gasteiger partial charge on any atom is 0.256 e. The van der Waals surface area contributed by atoms with E-state index in [4.69, 9.17) is 0 Å². The fourth-order valence-electron chi connectivity index (χ4n) is 2.00. The van der Waals surface area contributed by atoms with Gasteiger partial charge in [-0.05, 0) is 13.3 Å². The van der Waals surface area contributed by atoms with Gasteiger partial charge in [0.1, 0.15) is 0 Å². The summed E-state index contributed by atoms with van der Waals surface area (Å²) in [7, 11) is 0. The van der Waals surface area contributed by atoms with Gasteiger partial charge in [0.25, 0.3) is 5.91 Å². The van der Waals surface area contributed by atoms with E-state index in [0.717, 1.165) is 12.0 Å². The molecule has 1 atom stereocenters. The first-order valence-electron chi connectivity index (χ1n) is 4.95. The molecule has 0 aromatic heterocycles. The van der Waals surface area contributed by atoms with Gasteiger partial charge >= 0.3 is 0 Å². The number of likely N-dealkylation sites (N-methyl/N-ethyl adjacent to an activating group) is 1. The second-order valence-electron chi connectivity index (χ2n) is 3.58. The minimum absolute atomic E-state index is 0.0338. The number of imide groups is 1. The lowest BCUT2D eigenvalue weighted by molar-refractivity contribution is -0.145. The lowest BCUT2D eigenvalue weighted by Gasteiger charge is -2.31. The zero-order valence-corrected chi connectivity index (χ0v) is 8.19. The molecule has 2 rings (SSSR count). The van der Waals surface area contributed by atoms with Crippen molar-refractivity contribution in [3.63, 3.8) is 0 Å². The Kier molecular flexibility index (Phi) is 2.23. The van der Waals surface area contributed by atoms with E-state index < -0.39 is 0 Å². The Morgan fingerprint density at radius 1 is 1.50 bits per heavy atom. The third-order valence-electron chi connectivity index (χ3n) is 2.75. The highest BCUT2D eigenvalue weighted by molar-refractivity contribution is 6.08. The predicted molar refractivity (Wildman–Crippen MR) is 52.3 cm³/mol. The average molecular weight is 191 g/mol. The van der Waals surface area contributed by atoms with E-state index in [-0.39, 0.29) is 17.7 Å². The summed E-state index contributed by atoms with van der Waals surface area (Å²) in [6.07, 6.45) is 7.17. The molecule has 1 aliphatic heterocycles. The Balaban J connectivity index is 2.30. The molecule has 1 heterocycles. The lowest BCUT2D eigenvalue weighted by atomic mass is 9.86. The Hall–Kier alpha value is -1.38. The number of carbonyl (C=O) groups is 2. The molecule has 1 unspecified atom stereocenters. The highest BCUT2D eigenvalue weighted by Gasteiger charge is 2.35. The minimum Gasteiger partial charge on any atom is -0.279 e. The zero-order chi connectivity index (χ0) is 10.1. The molecule has 0 N–H and O–H groups in total. The normalized spacial score (nSPS) is 26.2. The maximum atomic E-state index is 11.8. The number of carbonyl (C=O) groups excluding carboxylic acids is 2. The van der Waals surface area contributed by atoms with Crippen molar-refractivity contribution >= 4 is 11.8 Å². The first-order chi connectivity index (χ1) is 6.74. The van der Waals surface area contributed by atoms with Crippen molar-refractivity contribution in [1.82, 2.24) is 4.90 Å². The van der Waals surface area contributed by atoms with Gasteiger partial charge in [0, 0.05) is 24.5 Å². The second kappa shape index (κ2) is 3.40. The molecule has 1 aliphatic carbocycles. The van der Waals surface area contributed by atoms with Gasteiger partial charge in [-0.1, -0.05) is 18.2 Å². The first-order valence-corrected chi connectivity index (χ1v) is 4.95. The molecule has 14 heavy (non-hydrogen) atoms.